The average Bonchev–Trinajstić information content (AvgIpc) is 2.71. The van der Waals surface area contributed by atoms with Crippen molar-refractivity contribution in [2.24, 2.45) is 7.05 Å². The number of amides is 1. The fourth-order valence-electron chi connectivity index (χ4n) is 3.36. The molecule has 1 amide bonds. The van der Waals surface area contributed by atoms with Gasteiger partial charge in [-0.05, 0) is 31.5 Å². The third-order valence-corrected chi connectivity index (χ3v) is 5.13. The van der Waals surface area contributed by atoms with Gasteiger partial charge >= 0.3 is 0 Å². The van der Waals surface area contributed by atoms with Gasteiger partial charge in [-0.15, -0.1) is 0 Å². The molecule has 0 spiro atoms. The van der Waals surface area contributed by atoms with Crippen LogP contribution >= 0.6 is 0 Å². The topological polar surface area (TPSA) is 93.4 Å². The number of hydrogen-bond acceptors (Lipinski definition) is 4. The maximum atomic E-state index is 13.0. The number of anilines is 1. The van der Waals surface area contributed by atoms with Gasteiger partial charge in [0.1, 0.15) is 10.9 Å². The van der Waals surface area contributed by atoms with Gasteiger partial charge in [0.2, 0.25) is 11.5 Å². The predicted molar refractivity (Wildman–Crippen MR) is 112 cm³/mol. The Kier molecular flexibility index (Phi) is 4.50. The Morgan fingerprint density at radius 2 is 1.93 bits per heavy atom. The summed E-state index contributed by atoms with van der Waals surface area (Å²) in [5, 5.41) is 3.21. The Balaban J connectivity index is 1.78. The SMILES string of the molecule is Cc1ccc(CNC(=O)c2cc3c(=O)n4cccc(C)c4nc3[n+](C)c2N)cc1. The van der Waals surface area contributed by atoms with Crippen LogP contribution in [-0.2, 0) is 13.6 Å². The lowest BCUT2D eigenvalue weighted by Crippen LogP contribution is -2.39. The highest BCUT2D eigenvalue weighted by molar-refractivity contribution is 6.00. The second-order valence-electron chi connectivity index (χ2n) is 7.21. The lowest BCUT2D eigenvalue weighted by molar-refractivity contribution is -0.632. The van der Waals surface area contributed by atoms with E-state index in [1.54, 1.807) is 23.9 Å². The molecule has 7 nitrogen and oxygen atoms in total. The number of nitrogens with one attached hydrogen (secondary N) is 1. The highest BCUT2D eigenvalue weighted by atomic mass is 16.1. The first-order chi connectivity index (χ1) is 13.9. The smallest absolute Gasteiger partial charge is 0.278 e. The number of nitrogen functional groups attached to an aromatic ring is 1. The van der Waals surface area contributed by atoms with Crippen LogP contribution in [0.25, 0.3) is 16.7 Å². The third-order valence-electron chi connectivity index (χ3n) is 5.13. The van der Waals surface area contributed by atoms with Crippen molar-refractivity contribution in [3.8, 4) is 0 Å². The van der Waals surface area contributed by atoms with Crippen molar-refractivity contribution in [3.05, 3.63) is 81.3 Å². The zero-order valence-electron chi connectivity index (χ0n) is 16.6. The number of nitrogens with two attached hydrogens (primary N) is 1. The lowest BCUT2D eigenvalue weighted by atomic mass is 10.1. The van der Waals surface area contributed by atoms with Crippen molar-refractivity contribution in [1.82, 2.24) is 14.7 Å². The minimum atomic E-state index is -0.339. The van der Waals surface area contributed by atoms with Crippen molar-refractivity contribution in [1.29, 1.82) is 0 Å². The Morgan fingerprint density at radius 3 is 2.66 bits per heavy atom. The number of aromatic nitrogens is 3. The van der Waals surface area contributed by atoms with E-state index in [4.69, 9.17) is 5.73 Å². The number of fused-ring (bicyclic) bond motifs is 2. The highest BCUT2D eigenvalue weighted by Crippen LogP contribution is 2.15. The van der Waals surface area contributed by atoms with Crippen molar-refractivity contribution >= 4 is 28.4 Å². The van der Waals surface area contributed by atoms with Crippen LogP contribution in [0, 0.1) is 13.8 Å². The van der Waals surface area contributed by atoms with Gasteiger partial charge < -0.3 is 11.1 Å². The van der Waals surface area contributed by atoms with Crippen molar-refractivity contribution in [2.75, 3.05) is 5.73 Å². The number of pyridine rings is 2. The van der Waals surface area contributed by atoms with Crippen molar-refractivity contribution in [2.45, 2.75) is 20.4 Å². The zero-order chi connectivity index (χ0) is 20.7. The monoisotopic (exact) mass is 388 g/mol. The van der Waals surface area contributed by atoms with Gasteiger partial charge in [0, 0.05) is 18.3 Å². The molecule has 0 saturated carbocycles. The third kappa shape index (κ3) is 3.20. The molecule has 4 aromatic rings. The van der Waals surface area contributed by atoms with E-state index in [0.29, 0.717) is 23.2 Å². The lowest BCUT2D eigenvalue weighted by Gasteiger charge is -2.10. The minimum absolute atomic E-state index is 0.239. The maximum absolute atomic E-state index is 13.0. The van der Waals surface area contributed by atoms with Crippen LogP contribution in [0.1, 0.15) is 27.0 Å². The number of rotatable bonds is 3. The van der Waals surface area contributed by atoms with Gasteiger partial charge in [0.15, 0.2) is 0 Å². The molecule has 0 atom stereocenters. The molecule has 146 valence electrons. The quantitative estimate of drug-likeness (QED) is 0.413. The molecule has 0 aliphatic heterocycles. The fraction of sp³-hybridized carbons (Fsp3) is 0.182. The van der Waals surface area contributed by atoms with Crippen LogP contribution in [0.3, 0.4) is 0 Å². The second-order valence-corrected chi connectivity index (χ2v) is 7.21. The molecular formula is C22H22N5O2+. The van der Waals surface area contributed by atoms with Crippen LogP contribution in [0.5, 0.6) is 0 Å². The molecule has 3 aromatic heterocycles. The highest BCUT2D eigenvalue weighted by Gasteiger charge is 2.22. The number of carbonyl (C=O) groups is 1. The molecule has 3 heterocycles. The number of aryl methyl sites for hydroxylation is 3. The minimum Gasteiger partial charge on any atom is -0.348 e. The molecule has 0 bridgehead atoms. The average molecular weight is 388 g/mol. The summed E-state index contributed by atoms with van der Waals surface area (Å²) in [4.78, 5) is 30.4. The van der Waals surface area contributed by atoms with Gasteiger partial charge in [0.25, 0.3) is 17.1 Å². The number of nitrogens with zero attached hydrogens (tertiary/aromatic N) is 3. The normalized spacial score (nSPS) is 11.1. The van der Waals surface area contributed by atoms with E-state index < -0.39 is 0 Å². The molecule has 0 radical (unpaired) electrons. The summed E-state index contributed by atoms with van der Waals surface area (Å²) in [7, 11) is 1.70. The number of carbonyl (C=O) groups excluding carboxylic acids is 1. The second kappa shape index (κ2) is 7.01. The molecule has 0 aliphatic rings. The first kappa shape index (κ1) is 18.6. The zero-order valence-corrected chi connectivity index (χ0v) is 16.6. The van der Waals surface area contributed by atoms with Crippen LogP contribution in [0.15, 0.2) is 53.5 Å². The Morgan fingerprint density at radius 1 is 1.21 bits per heavy atom. The Hall–Kier alpha value is -3.74. The summed E-state index contributed by atoms with van der Waals surface area (Å²) in [5.41, 5.74) is 10.3. The van der Waals surface area contributed by atoms with E-state index in [9.17, 15) is 9.59 Å². The predicted octanol–water partition coefficient (Wildman–Crippen LogP) is 1.80. The van der Waals surface area contributed by atoms with Gasteiger partial charge in [-0.25, -0.2) is 4.57 Å². The Bertz CT molecular complexity index is 1320. The van der Waals surface area contributed by atoms with Crippen LogP contribution < -0.4 is 21.2 Å². The van der Waals surface area contributed by atoms with E-state index in [1.807, 2.05) is 44.2 Å². The van der Waals surface area contributed by atoms with E-state index in [2.05, 4.69) is 10.3 Å². The molecule has 4 rings (SSSR count). The Labute approximate surface area is 167 Å². The van der Waals surface area contributed by atoms with E-state index in [0.717, 1.165) is 16.7 Å². The molecule has 0 fully saturated rings. The summed E-state index contributed by atoms with van der Waals surface area (Å²) >= 11 is 0. The summed E-state index contributed by atoms with van der Waals surface area (Å²) in [6.45, 7) is 4.27. The molecular weight excluding hydrogens is 366 g/mol. The summed E-state index contributed by atoms with van der Waals surface area (Å²) in [5.74, 6) is -0.0851. The molecule has 0 aliphatic carbocycles. The number of hydrogen-bond donors (Lipinski definition) is 2. The van der Waals surface area contributed by atoms with Gasteiger partial charge in [-0.3, -0.25) is 14.0 Å². The first-order valence-corrected chi connectivity index (χ1v) is 9.31. The summed E-state index contributed by atoms with van der Waals surface area (Å²) in [6.07, 6.45) is 1.67. The summed E-state index contributed by atoms with van der Waals surface area (Å²) in [6, 6.07) is 13.1. The van der Waals surface area contributed by atoms with Gasteiger partial charge in [0.05, 0.1) is 7.05 Å². The molecule has 1 aromatic carbocycles. The molecule has 7 heteroatoms. The molecule has 3 N–H and O–H groups in total. The van der Waals surface area contributed by atoms with E-state index in [1.165, 1.54) is 10.5 Å². The van der Waals surface area contributed by atoms with E-state index >= 15 is 0 Å². The molecule has 0 saturated heterocycles. The van der Waals surface area contributed by atoms with Crippen LogP contribution in [-0.4, -0.2) is 15.3 Å². The largest absolute Gasteiger partial charge is 0.348 e. The van der Waals surface area contributed by atoms with Crippen LogP contribution in [0.4, 0.5) is 5.82 Å². The maximum Gasteiger partial charge on any atom is 0.278 e. The number of benzene rings is 1. The fourth-order valence-corrected chi connectivity index (χ4v) is 3.36. The van der Waals surface area contributed by atoms with Crippen LogP contribution in [0.2, 0.25) is 0 Å². The standard InChI is InChI=1S/C22H21N5O2/c1-13-6-8-15(9-7-13)12-24-21(28)16-11-17-20(26(3)18(16)23)25-19-14(2)5-4-10-27(19)22(17)29/h4-11,23H,12H2,1-3H3,(H,24,28)/p+1. The molecule has 29 heavy (non-hydrogen) atoms. The van der Waals surface area contributed by atoms with Gasteiger partial charge in [-0.1, -0.05) is 40.9 Å². The summed E-state index contributed by atoms with van der Waals surface area (Å²) < 4.78 is 3.08. The van der Waals surface area contributed by atoms with Gasteiger partial charge in [-0.2, -0.15) is 0 Å². The molecule has 0 unspecified atom stereocenters. The van der Waals surface area contributed by atoms with Crippen molar-refractivity contribution < 1.29 is 9.36 Å². The van der Waals surface area contributed by atoms with Crippen molar-refractivity contribution in [3.63, 3.8) is 0 Å². The van der Waals surface area contributed by atoms with E-state index in [-0.39, 0.29) is 22.8 Å². The first-order valence-electron chi connectivity index (χ1n) is 9.31.